The first-order chi connectivity index (χ1) is 14.1. The molecule has 3 aromatic carbocycles. The Morgan fingerprint density at radius 3 is 2.48 bits per heavy atom. The van der Waals surface area contributed by atoms with Crippen LogP contribution in [-0.2, 0) is 40.9 Å². The first kappa shape index (κ1) is 19.6. The second kappa shape index (κ2) is 8.78. The Hall–Kier alpha value is -2.67. The van der Waals surface area contributed by atoms with E-state index in [1.165, 1.54) is 0 Å². The minimum atomic E-state index is -3.58. The van der Waals surface area contributed by atoms with Crippen LogP contribution in [0.4, 0.5) is 0 Å². The summed E-state index contributed by atoms with van der Waals surface area (Å²) >= 11 is 0. The van der Waals surface area contributed by atoms with E-state index < -0.39 is 10.0 Å². The van der Waals surface area contributed by atoms with E-state index in [0.717, 1.165) is 34.4 Å². The quantitative estimate of drug-likeness (QED) is 0.614. The lowest BCUT2D eigenvalue weighted by Gasteiger charge is -2.10. The average molecular weight is 410 g/mol. The van der Waals surface area contributed by atoms with E-state index in [1.807, 2.05) is 54.6 Å². The highest BCUT2D eigenvalue weighted by Gasteiger charge is 2.19. The number of fused-ring (bicyclic) bond motifs is 1. The van der Waals surface area contributed by atoms with Crippen molar-refractivity contribution in [2.45, 2.75) is 31.1 Å². The largest absolute Gasteiger partial charge is 0.493 e. The molecule has 0 atom stereocenters. The van der Waals surface area contributed by atoms with Crippen LogP contribution in [-0.4, -0.2) is 15.0 Å². The summed E-state index contributed by atoms with van der Waals surface area (Å²) in [5, 5.41) is 0. The van der Waals surface area contributed by atoms with Crippen molar-refractivity contribution in [3.05, 3.63) is 95.1 Å². The molecule has 0 aliphatic carbocycles. The monoisotopic (exact) mass is 409 g/mol. The van der Waals surface area contributed by atoms with Gasteiger partial charge in [-0.1, -0.05) is 54.6 Å². The van der Waals surface area contributed by atoms with Crippen molar-refractivity contribution in [3.63, 3.8) is 0 Å². The Bertz CT molecular complexity index is 1080. The molecule has 0 bridgehead atoms. The molecule has 29 heavy (non-hydrogen) atoms. The lowest BCUT2D eigenvalue weighted by Crippen LogP contribution is -2.23. The van der Waals surface area contributed by atoms with Crippen LogP contribution in [0.2, 0.25) is 0 Å². The van der Waals surface area contributed by atoms with Gasteiger partial charge in [0.25, 0.3) is 0 Å². The van der Waals surface area contributed by atoms with Gasteiger partial charge in [0.05, 0.1) is 24.7 Å². The minimum absolute atomic E-state index is 0.225. The Labute approximate surface area is 171 Å². The molecule has 1 aliphatic heterocycles. The second-order valence-corrected chi connectivity index (χ2v) is 8.76. The Kier molecular flexibility index (Phi) is 5.94. The Balaban J connectivity index is 1.35. The number of rotatable bonds is 8. The summed E-state index contributed by atoms with van der Waals surface area (Å²) in [4.78, 5) is 0.268. The molecule has 0 saturated heterocycles. The molecule has 150 valence electrons. The van der Waals surface area contributed by atoms with Crippen molar-refractivity contribution in [2.75, 3.05) is 6.61 Å². The summed E-state index contributed by atoms with van der Waals surface area (Å²) in [5.74, 6) is 0.771. The van der Waals surface area contributed by atoms with Crippen molar-refractivity contribution in [2.24, 2.45) is 0 Å². The Morgan fingerprint density at radius 2 is 1.62 bits per heavy atom. The zero-order valence-electron chi connectivity index (χ0n) is 16.0. The van der Waals surface area contributed by atoms with E-state index in [1.54, 1.807) is 18.2 Å². The van der Waals surface area contributed by atoms with Crippen LogP contribution < -0.4 is 9.46 Å². The van der Waals surface area contributed by atoms with Gasteiger partial charge in [-0.05, 0) is 40.5 Å². The molecule has 0 spiro atoms. The predicted molar refractivity (Wildman–Crippen MR) is 111 cm³/mol. The number of benzene rings is 3. The first-order valence-corrected chi connectivity index (χ1v) is 11.0. The molecule has 4 rings (SSSR count). The molecule has 1 heterocycles. The fraction of sp³-hybridized carbons (Fsp3) is 0.217. The first-order valence-electron chi connectivity index (χ1n) is 9.55. The van der Waals surface area contributed by atoms with E-state index in [9.17, 15) is 8.42 Å². The van der Waals surface area contributed by atoms with Crippen LogP contribution in [0.15, 0.2) is 77.7 Å². The molecule has 1 N–H and O–H groups in total. The van der Waals surface area contributed by atoms with Crippen LogP contribution in [0.5, 0.6) is 5.75 Å². The maximum atomic E-state index is 12.6. The fourth-order valence-electron chi connectivity index (χ4n) is 3.28. The summed E-state index contributed by atoms with van der Waals surface area (Å²) in [6.45, 7) is 1.84. The standard InChI is InChI=1S/C23H23NO4S/c25-29(26,22-9-10-23-21(14-22)11-12-28-23)24-15-19-7-4-8-20(13-19)17-27-16-18-5-2-1-3-6-18/h1-10,13-14,24H,11-12,15-17H2. The van der Waals surface area contributed by atoms with Gasteiger partial charge < -0.3 is 9.47 Å². The fourth-order valence-corrected chi connectivity index (χ4v) is 4.35. The van der Waals surface area contributed by atoms with E-state index in [4.69, 9.17) is 9.47 Å². The highest BCUT2D eigenvalue weighted by molar-refractivity contribution is 7.89. The molecular formula is C23H23NO4S. The third-order valence-electron chi connectivity index (χ3n) is 4.81. The van der Waals surface area contributed by atoms with Crippen molar-refractivity contribution >= 4 is 10.0 Å². The zero-order chi connectivity index (χ0) is 20.1. The SMILES string of the molecule is O=S(=O)(NCc1cccc(COCc2ccccc2)c1)c1ccc2c(c1)CCO2. The van der Waals surface area contributed by atoms with Crippen LogP contribution in [0.25, 0.3) is 0 Å². The van der Waals surface area contributed by atoms with E-state index in [2.05, 4.69) is 4.72 Å². The van der Waals surface area contributed by atoms with Gasteiger partial charge in [-0.2, -0.15) is 0 Å². The van der Waals surface area contributed by atoms with Gasteiger partial charge in [0.1, 0.15) is 5.75 Å². The molecular weight excluding hydrogens is 386 g/mol. The van der Waals surface area contributed by atoms with Gasteiger partial charge >= 0.3 is 0 Å². The van der Waals surface area contributed by atoms with Gasteiger partial charge in [0.2, 0.25) is 10.0 Å². The molecule has 0 radical (unpaired) electrons. The van der Waals surface area contributed by atoms with E-state index >= 15 is 0 Å². The lowest BCUT2D eigenvalue weighted by atomic mass is 10.1. The van der Waals surface area contributed by atoms with Gasteiger partial charge in [-0.25, -0.2) is 13.1 Å². The summed E-state index contributed by atoms with van der Waals surface area (Å²) in [6.07, 6.45) is 0.740. The lowest BCUT2D eigenvalue weighted by molar-refractivity contribution is 0.107. The third kappa shape index (κ3) is 5.03. The third-order valence-corrected chi connectivity index (χ3v) is 6.21. The van der Waals surface area contributed by atoms with Gasteiger partial charge in [-0.15, -0.1) is 0 Å². The van der Waals surface area contributed by atoms with Crippen molar-refractivity contribution in [3.8, 4) is 5.75 Å². The highest BCUT2D eigenvalue weighted by atomic mass is 32.2. The smallest absolute Gasteiger partial charge is 0.240 e. The maximum Gasteiger partial charge on any atom is 0.240 e. The molecule has 0 amide bonds. The van der Waals surface area contributed by atoms with E-state index in [-0.39, 0.29) is 11.4 Å². The minimum Gasteiger partial charge on any atom is -0.493 e. The zero-order valence-corrected chi connectivity index (χ0v) is 16.8. The Morgan fingerprint density at radius 1 is 0.862 bits per heavy atom. The number of ether oxygens (including phenoxy) is 2. The number of nitrogens with one attached hydrogen (secondary N) is 1. The van der Waals surface area contributed by atoms with Crippen LogP contribution in [0.1, 0.15) is 22.3 Å². The summed E-state index contributed by atoms with van der Waals surface area (Å²) in [7, 11) is -3.58. The van der Waals surface area contributed by atoms with Crippen LogP contribution in [0.3, 0.4) is 0 Å². The number of hydrogen-bond donors (Lipinski definition) is 1. The summed E-state index contributed by atoms with van der Waals surface area (Å²) in [6, 6.07) is 22.8. The summed E-state index contributed by atoms with van der Waals surface area (Å²) in [5.41, 5.74) is 3.95. The molecule has 5 nitrogen and oxygen atoms in total. The predicted octanol–water partition coefficient (Wildman–Crippen LogP) is 3.82. The molecule has 0 unspecified atom stereocenters. The molecule has 3 aromatic rings. The number of sulfonamides is 1. The molecule has 6 heteroatoms. The van der Waals surface area contributed by atoms with Gasteiger partial charge in [0.15, 0.2) is 0 Å². The van der Waals surface area contributed by atoms with Gasteiger partial charge in [-0.3, -0.25) is 0 Å². The van der Waals surface area contributed by atoms with Crippen LogP contribution in [0, 0.1) is 0 Å². The second-order valence-electron chi connectivity index (χ2n) is 6.99. The normalized spacial score (nSPS) is 13.1. The van der Waals surface area contributed by atoms with Gasteiger partial charge in [0, 0.05) is 13.0 Å². The maximum absolute atomic E-state index is 12.6. The summed E-state index contributed by atoms with van der Waals surface area (Å²) < 4.78 is 39.2. The number of hydrogen-bond acceptors (Lipinski definition) is 4. The van der Waals surface area contributed by atoms with Crippen molar-refractivity contribution in [1.29, 1.82) is 0 Å². The average Bonchev–Trinajstić information content (AvgIpc) is 3.21. The molecule has 1 aliphatic rings. The van der Waals surface area contributed by atoms with Crippen molar-refractivity contribution in [1.82, 2.24) is 4.72 Å². The van der Waals surface area contributed by atoms with Crippen LogP contribution >= 0.6 is 0 Å². The molecule has 0 fully saturated rings. The highest BCUT2D eigenvalue weighted by Crippen LogP contribution is 2.27. The topological polar surface area (TPSA) is 64.6 Å². The van der Waals surface area contributed by atoms with E-state index in [0.29, 0.717) is 19.8 Å². The van der Waals surface area contributed by atoms with Crippen molar-refractivity contribution < 1.29 is 17.9 Å². The molecule has 0 saturated carbocycles. The molecule has 0 aromatic heterocycles.